The van der Waals surface area contributed by atoms with Crippen molar-refractivity contribution >= 4 is 0 Å². The number of rotatable bonds is 2. The third kappa shape index (κ3) is 2.15. The molecule has 0 bridgehead atoms. The summed E-state index contributed by atoms with van der Waals surface area (Å²) in [6.07, 6.45) is 10.1. The van der Waals surface area contributed by atoms with Crippen LogP contribution in [0.1, 0.15) is 53.4 Å². The largest absolute Gasteiger partial charge is 0.0885 e. The van der Waals surface area contributed by atoms with Gasteiger partial charge in [0.25, 0.3) is 0 Å². The van der Waals surface area contributed by atoms with Crippen LogP contribution in [0.3, 0.4) is 0 Å². The standard InChI is InChI=1S/C13H24/c1-11(2)13(12(3)4)9-7-5-6-8-10-13/h5-6,11-12H,7-10H2,1-4H3. The van der Waals surface area contributed by atoms with Gasteiger partial charge in [-0.2, -0.15) is 0 Å². The summed E-state index contributed by atoms with van der Waals surface area (Å²) in [5.74, 6) is 1.65. The van der Waals surface area contributed by atoms with Crippen molar-refractivity contribution in [3.05, 3.63) is 12.2 Å². The Bertz CT molecular complexity index is 154. The zero-order chi connectivity index (χ0) is 9.90. The van der Waals surface area contributed by atoms with Crippen molar-refractivity contribution < 1.29 is 0 Å². The Morgan fingerprint density at radius 1 is 0.846 bits per heavy atom. The summed E-state index contributed by atoms with van der Waals surface area (Å²) < 4.78 is 0. The molecule has 0 fully saturated rings. The summed E-state index contributed by atoms with van der Waals surface area (Å²) in [6, 6.07) is 0. The molecule has 76 valence electrons. The van der Waals surface area contributed by atoms with Crippen LogP contribution < -0.4 is 0 Å². The normalized spacial score (nSPS) is 22.3. The van der Waals surface area contributed by atoms with Gasteiger partial charge in [-0.15, -0.1) is 0 Å². The first-order valence-corrected chi connectivity index (χ1v) is 5.74. The van der Waals surface area contributed by atoms with Gasteiger partial charge in [-0.25, -0.2) is 0 Å². The van der Waals surface area contributed by atoms with E-state index in [1.165, 1.54) is 25.7 Å². The van der Waals surface area contributed by atoms with Gasteiger partial charge in [-0.05, 0) is 42.9 Å². The van der Waals surface area contributed by atoms with Crippen molar-refractivity contribution in [2.75, 3.05) is 0 Å². The molecule has 0 nitrogen and oxygen atoms in total. The van der Waals surface area contributed by atoms with Crippen LogP contribution in [0.4, 0.5) is 0 Å². The van der Waals surface area contributed by atoms with Crippen molar-refractivity contribution in [1.82, 2.24) is 0 Å². The van der Waals surface area contributed by atoms with Gasteiger partial charge in [-0.1, -0.05) is 39.8 Å². The molecule has 1 aliphatic carbocycles. The number of hydrogen-bond acceptors (Lipinski definition) is 0. The highest BCUT2D eigenvalue weighted by Gasteiger charge is 2.35. The summed E-state index contributed by atoms with van der Waals surface area (Å²) in [5, 5.41) is 0. The minimum Gasteiger partial charge on any atom is -0.0885 e. The fraction of sp³-hybridized carbons (Fsp3) is 0.846. The minimum absolute atomic E-state index is 0.601. The molecule has 0 aromatic heterocycles. The van der Waals surface area contributed by atoms with Crippen molar-refractivity contribution in [3.63, 3.8) is 0 Å². The fourth-order valence-corrected chi connectivity index (χ4v) is 2.89. The summed E-state index contributed by atoms with van der Waals surface area (Å²) in [6.45, 7) is 9.58. The van der Waals surface area contributed by atoms with Crippen LogP contribution in [0.2, 0.25) is 0 Å². The van der Waals surface area contributed by atoms with Crippen LogP contribution in [-0.2, 0) is 0 Å². The van der Waals surface area contributed by atoms with Crippen LogP contribution in [-0.4, -0.2) is 0 Å². The molecule has 0 saturated heterocycles. The third-order valence-electron chi connectivity index (χ3n) is 4.02. The fourth-order valence-electron chi connectivity index (χ4n) is 2.89. The predicted molar refractivity (Wildman–Crippen MR) is 59.7 cm³/mol. The second-order valence-electron chi connectivity index (χ2n) is 5.09. The van der Waals surface area contributed by atoms with Gasteiger partial charge >= 0.3 is 0 Å². The molecule has 1 aliphatic rings. The summed E-state index contributed by atoms with van der Waals surface area (Å²) in [4.78, 5) is 0. The molecule has 0 saturated carbocycles. The van der Waals surface area contributed by atoms with Crippen LogP contribution in [0.15, 0.2) is 12.2 Å². The first-order chi connectivity index (χ1) is 6.09. The highest BCUT2D eigenvalue weighted by Crippen LogP contribution is 2.45. The molecular weight excluding hydrogens is 156 g/mol. The molecule has 0 N–H and O–H groups in total. The van der Waals surface area contributed by atoms with Gasteiger partial charge in [0.1, 0.15) is 0 Å². The highest BCUT2D eigenvalue weighted by atomic mass is 14.4. The van der Waals surface area contributed by atoms with Crippen LogP contribution >= 0.6 is 0 Å². The smallest absolute Gasteiger partial charge is 0.0245 e. The maximum atomic E-state index is 2.39. The van der Waals surface area contributed by atoms with Crippen molar-refractivity contribution in [2.24, 2.45) is 17.3 Å². The molecule has 0 spiro atoms. The summed E-state index contributed by atoms with van der Waals surface area (Å²) >= 11 is 0. The van der Waals surface area contributed by atoms with E-state index in [1.54, 1.807) is 0 Å². The second-order valence-corrected chi connectivity index (χ2v) is 5.09. The average Bonchev–Trinajstić information content (AvgIpc) is 2.28. The Morgan fingerprint density at radius 3 is 1.54 bits per heavy atom. The third-order valence-corrected chi connectivity index (χ3v) is 4.02. The van der Waals surface area contributed by atoms with E-state index in [0.717, 1.165) is 11.8 Å². The lowest BCUT2D eigenvalue weighted by Crippen LogP contribution is -2.32. The van der Waals surface area contributed by atoms with Gasteiger partial charge in [0, 0.05) is 0 Å². The molecule has 1 rings (SSSR count). The topological polar surface area (TPSA) is 0 Å². The zero-order valence-corrected chi connectivity index (χ0v) is 9.64. The van der Waals surface area contributed by atoms with E-state index >= 15 is 0 Å². The highest BCUT2D eigenvalue weighted by molar-refractivity contribution is 4.95. The molecular formula is C13H24. The zero-order valence-electron chi connectivity index (χ0n) is 9.64. The lowest BCUT2D eigenvalue weighted by atomic mass is 9.64. The second kappa shape index (κ2) is 4.30. The Balaban J connectivity index is 2.77. The lowest BCUT2D eigenvalue weighted by Gasteiger charge is -2.41. The van der Waals surface area contributed by atoms with E-state index < -0.39 is 0 Å². The molecule has 0 radical (unpaired) electrons. The Morgan fingerprint density at radius 2 is 1.23 bits per heavy atom. The first-order valence-electron chi connectivity index (χ1n) is 5.74. The number of hydrogen-bond donors (Lipinski definition) is 0. The van der Waals surface area contributed by atoms with Crippen LogP contribution in [0.25, 0.3) is 0 Å². The molecule has 0 aromatic rings. The molecule has 0 aromatic carbocycles. The van der Waals surface area contributed by atoms with Crippen molar-refractivity contribution in [3.8, 4) is 0 Å². The first kappa shape index (κ1) is 10.8. The molecule has 0 amide bonds. The van der Waals surface area contributed by atoms with Gasteiger partial charge < -0.3 is 0 Å². The molecule has 0 heterocycles. The van der Waals surface area contributed by atoms with E-state index in [2.05, 4.69) is 39.8 Å². The quantitative estimate of drug-likeness (QED) is 0.552. The molecule has 0 unspecified atom stereocenters. The molecule has 0 aliphatic heterocycles. The Kier molecular flexibility index (Phi) is 3.58. The summed E-state index contributed by atoms with van der Waals surface area (Å²) in [5.41, 5.74) is 0.601. The SMILES string of the molecule is CC(C)C1(C(C)C)CCC=CCC1. The van der Waals surface area contributed by atoms with E-state index in [4.69, 9.17) is 0 Å². The van der Waals surface area contributed by atoms with E-state index in [1.807, 2.05) is 0 Å². The van der Waals surface area contributed by atoms with E-state index in [9.17, 15) is 0 Å². The lowest BCUT2D eigenvalue weighted by molar-refractivity contribution is 0.0906. The monoisotopic (exact) mass is 180 g/mol. The predicted octanol–water partition coefficient (Wildman–Crippen LogP) is 4.42. The maximum Gasteiger partial charge on any atom is -0.0245 e. The van der Waals surface area contributed by atoms with Crippen molar-refractivity contribution in [2.45, 2.75) is 53.4 Å². The van der Waals surface area contributed by atoms with Gasteiger partial charge in [0.15, 0.2) is 0 Å². The van der Waals surface area contributed by atoms with Gasteiger partial charge in [-0.3, -0.25) is 0 Å². The van der Waals surface area contributed by atoms with Gasteiger partial charge in [0.05, 0.1) is 0 Å². The molecule has 0 heteroatoms. The van der Waals surface area contributed by atoms with Gasteiger partial charge in [0.2, 0.25) is 0 Å². The van der Waals surface area contributed by atoms with Crippen LogP contribution in [0.5, 0.6) is 0 Å². The maximum absolute atomic E-state index is 2.39. The molecule has 0 atom stereocenters. The van der Waals surface area contributed by atoms with Crippen molar-refractivity contribution in [1.29, 1.82) is 0 Å². The minimum atomic E-state index is 0.601. The van der Waals surface area contributed by atoms with Crippen LogP contribution in [0, 0.1) is 17.3 Å². The van der Waals surface area contributed by atoms with E-state index in [-0.39, 0.29) is 0 Å². The molecule has 13 heavy (non-hydrogen) atoms. The Labute approximate surface area is 83.4 Å². The average molecular weight is 180 g/mol. The number of allylic oxidation sites excluding steroid dienone is 2. The van der Waals surface area contributed by atoms with E-state index in [0.29, 0.717) is 5.41 Å². The summed E-state index contributed by atoms with van der Waals surface area (Å²) in [7, 11) is 0. The Hall–Kier alpha value is -0.260.